The molecule has 3 aromatic rings. The van der Waals surface area contributed by atoms with Gasteiger partial charge in [0.05, 0.1) is 17.3 Å². The maximum Gasteiger partial charge on any atom is 0.234 e. The summed E-state index contributed by atoms with van der Waals surface area (Å²) in [6.07, 6.45) is 4.09. The third-order valence-electron chi connectivity index (χ3n) is 10.3. The van der Waals surface area contributed by atoms with Crippen LogP contribution in [0.4, 0.5) is 0 Å². The molecule has 0 bridgehead atoms. The van der Waals surface area contributed by atoms with Crippen molar-refractivity contribution in [3.05, 3.63) is 118 Å². The predicted molar refractivity (Wildman–Crippen MR) is 171 cm³/mol. The standard InChI is InChI=1S/C38H34ClNO5/c1-37(2,3)40-35(44)26-17-16-24-28(32(26)36(40)45)19-29-34(43)27(21-10-6-4-7-11-21)20-31(42)38(29,22-12-8-5-9-13-22)33(24)25-15-14-23(41)18-30(25)39/h4-16,18,20,26,28-29,32-33,41H,17,19H2,1-3H3. The number of carbonyl (C=O) groups is 4. The number of fused-ring (bicyclic) bond motifs is 4. The first-order valence-corrected chi connectivity index (χ1v) is 15.8. The number of amides is 2. The summed E-state index contributed by atoms with van der Waals surface area (Å²) in [5, 5.41) is 10.6. The number of aromatic hydroxyl groups is 1. The zero-order valence-corrected chi connectivity index (χ0v) is 26.1. The van der Waals surface area contributed by atoms with Crippen molar-refractivity contribution < 1.29 is 24.3 Å². The fourth-order valence-corrected chi connectivity index (χ4v) is 8.91. The van der Waals surface area contributed by atoms with Crippen LogP contribution >= 0.6 is 11.6 Å². The third kappa shape index (κ3) is 4.22. The molecule has 228 valence electrons. The van der Waals surface area contributed by atoms with Crippen LogP contribution in [-0.2, 0) is 24.6 Å². The van der Waals surface area contributed by atoms with Gasteiger partial charge in [-0.15, -0.1) is 0 Å². The second-order valence-electron chi connectivity index (χ2n) is 13.7. The Morgan fingerprint density at radius 3 is 2.18 bits per heavy atom. The molecule has 0 aromatic heterocycles. The number of Topliss-reactive ketones (excluding diaryl/α,β-unsaturated/α-hetero) is 1. The number of likely N-dealkylation sites (tertiary alicyclic amines) is 1. The molecule has 1 aliphatic heterocycles. The Morgan fingerprint density at radius 2 is 1.53 bits per heavy atom. The number of rotatable bonds is 3. The molecule has 3 aromatic carbocycles. The second kappa shape index (κ2) is 10.4. The van der Waals surface area contributed by atoms with Crippen LogP contribution in [0.2, 0.25) is 5.02 Å². The quantitative estimate of drug-likeness (QED) is 0.261. The number of imide groups is 1. The largest absolute Gasteiger partial charge is 0.508 e. The van der Waals surface area contributed by atoms with Crippen molar-refractivity contribution in [1.29, 1.82) is 0 Å². The highest BCUT2D eigenvalue weighted by atomic mass is 35.5. The number of phenolic OH excluding ortho intramolecular Hbond substituents is 1. The Kier molecular flexibility index (Phi) is 6.79. The lowest BCUT2D eigenvalue weighted by Gasteiger charge is -2.55. The molecular weight excluding hydrogens is 586 g/mol. The van der Waals surface area contributed by atoms with Gasteiger partial charge in [0, 0.05) is 28.0 Å². The Bertz CT molecular complexity index is 1820. The lowest BCUT2D eigenvalue weighted by atomic mass is 9.44. The highest BCUT2D eigenvalue weighted by Crippen LogP contribution is 2.64. The van der Waals surface area contributed by atoms with E-state index in [2.05, 4.69) is 0 Å². The smallest absolute Gasteiger partial charge is 0.234 e. The maximum absolute atomic E-state index is 15.0. The van der Waals surface area contributed by atoms with E-state index in [0.29, 0.717) is 28.7 Å². The first kappa shape index (κ1) is 29.4. The molecule has 7 rings (SSSR count). The van der Waals surface area contributed by atoms with Crippen molar-refractivity contribution in [2.45, 2.75) is 50.5 Å². The monoisotopic (exact) mass is 619 g/mol. The van der Waals surface area contributed by atoms with Gasteiger partial charge in [0.1, 0.15) is 5.75 Å². The van der Waals surface area contributed by atoms with Crippen LogP contribution in [0.3, 0.4) is 0 Å². The topological polar surface area (TPSA) is 91.8 Å². The summed E-state index contributed by atoms with van der Waals surface area (Å²) in [7, 11) is 0. The summed E-state index contributed by atoms with van der Waals surface area (Å²) in [4.78, 5) is 59.2. The second-order valence-corrected chi connectivity index (χ2v) is 14.1. The Morgan fingerprint density at radius 1 is 0.867 bits per heavy atom. The van der Waals surface area contributed by atoms with Gasteiger partial charge in [0.25, 0.3) is 0 Å². The van der Waals surface area contributed by atoms with Gasteiger partial charge < -0.3 is 5.11 Å². The van der Waals surface area contributed by atoms with Crippen molar-refractivity contribution in [2.24, 2.45) is 23.7 Å². The van der Waals surface area contributed by atoms with Crippen LogP contribution in [0.25, 0.3) is 5.57 Å². The molecule has 1 N–H and O–H groups in total. The summed E-state index contributed by atoms with van der Waals surface area (Å²) in [5.74, 6) is -4.03. The maximum atomic E-state index is 15.0. The van der Waals surface area contributed by atoms with E-state index in [4.69, 9.17) is 11.6 Å². The number of hydrogen-bond acceptors (Lipinski definition) is 5. The minimum Gasteiger partial charge on any atom is -0.508 e. The van der Waals surface area contributed by atoms with E-state index in [-0.39, 0.29) is 40.6 Å². The van der Waals surface area contributed by atoms with Gasteiger partial charge in [-0.05, 0) is 74.4 Å². The van der Waals surface area contributed by atoms with Crippen LogP contribution < -0.4 is 0 Å². The Balaban J connectivity index is 1.51. The summed E-state index contributed by atoms with van der Waals surface area (Å²) in [5.41, 5.74) is 1.08. The summed E-state index contributed by atoms with van der Waals surface area (Å²) < 4.78 is 0. The Labute approximate surface area is 267 Å². The average molecular weight is 620 g/mol. The molecule has 6 nitrogen and oxygen atoms in total. The van der Waals surface area contributed by atoms with Crippen molar-refractivity contribution in [3.8, 4) is 5.75 Å². The molecule has 0 radical (unpaired) electrons. The van der Waals surface area contributed by atoms with E-state index in [9.17, 15) is 24.3 Å². The van der Waals surface area contributed by atoms with Gasteiger partial charge in [0.2, 0.25) is 11.8 Å². The number of benzene rings is 3. The molecule has 1 heterocycles. The molecule has 2 amide bonds. The first-order valence-electron chi connectivity index (χ1n) is 15.4. The molecule has 6 atom stereocenters. The molecule has 6 unspecified atom stereocenters. The van der Waals surface area contributed by atoms with E-state index in [0.717, 1.165) is 5.57 Å². The zero-order valence-electron chi connectivity index (χ0n) is 25.4. The highest BCUT2D eigenvalue weighted by molar-refractivity contribution is 6.33. The van der Waals surface area contributed by atoms with E-state index in [1.165, 1.54) is 23.1 Å². The van der Waals surface area contributed by atoms with Crippen LogP contribution in [0, 0.1) is 23.7 Å². The molecule has 3 aliphatic carbocycles. The van der Waals surface area contributed by atoms with E-state index >= 15 is 0 Å². The first-order chi connectivity index (χ1) is 21.5. The molecular formula is C38H34ClNO5. The fourth-order valence-electron chi connectivity index (χ4n) is 8.63. The number of carbonyl (C=O) groups excluding carboxylic acids is 4. The summed E-state index contributed by atoms with van der Waals surface area (Å²) in [6, 6.07) is 23.3. The normalized spacial score (nSPS) is 29.5. The van der Waals surface area contributed by atoms with Crippen LogP contribution in [-0.4, -0.2) is 38.9 Å². The van der Waals surface area contributed by atoms with Crippen molar-refractivity contribution in [3.63, 3.8) is 0 Å². The van der Waals surface area contributed by atoms with E-state index in [1.54, 1.807) is 6.07 Å². The van der Waals surface area contributed by atoms with Gasteiger partial charge in [-0.25, -0.2) is 0 Å². The van der Waals surface area contributed by atoms with E-state index < -0.39 is 40.5 Å². The number of ketones is 2. The molecule has 7 heteroatoms. The number of hydrogen-bond donors (Lipinski definition) is 1. The van der Waals surface area contributed by atoms with Gasteiger partial charge in [-0.2, -0.15) is 0 Å². The van der Waals surface area contributed by atoms with Crippen molar-refractivity contribution in [1.82, 2.24) is 4.90 Å². The number of allylic oxidation sites excluding steroid dienone is 4. The number of phenols is 1. The van der Waals surface area contributed by atoms with Crippen LogP contribution in [0.5, 0.6) is 5.75 Å². The summed E-state index contributed by atoms with van der Waals surface area (Å²) >= 11 is 6.90. The van der Waals surface area contributed by atoms with E-state index in [1.807, 2.05) is 87.5 Å². The predicted octanol–water partition coefficient (Wildman–Crippen LogP) is 6.67. The van der Waals surface area contributed by atoms with Gasteiger partial charge in [-0.3, -0.25) is 24.1 Å². The molecule has 0 spiro atoms. The minimum absolute atomic E-state index is 0.0196. The lowest BCUT2D eigenvalue weighted by molar-refractivity contribution is -0.145. The zero-order chi connectivity index (χ0) is 31.8. The van der Waals surface area contributed by atoms with Crippen molar-refractivity contribution in [2.75, 3.05) is 0 Å². The molecule has 1 saturated heterocycles. The van der Waals surface area contributed by atoms with Gasteiger partial charge in [0.15, 0.2) is 11.6 Å². The minimum atomic E-state index is -1.36. The Hall–Kier alpha value is -4.29. The summed E-state index contributed by atoms with van der Waals surface area (Å²) in [6.45, 7) is 5.57. The van der Waals surface area contributed by atoms with Crippen LogP contribution in [0.1, 0.15) is 56.2 Å². The fraction of sp³-hybridized carbons (Fsp3) is 0.316. The van der Waals surface area contributed by atoms with Crippen LogP contribution in [0.15, 0.2) is 96.6 Å². The third-order valence-corrected chi connectivity index (χ3v) is 10.7. The molecule has 1 saturated carbocycles. The number of nitrogens with zero attached hydrogens (tertiary/aromatic N) is 1. The van der Waals surface area contributed by atoms with Gasteiger partial charge >= 0.3 is 0 Å². The molecule has 2 fully saturated rings. The van der Waals surface area contributed by atoms with Crippen molar-refractivity contribution >= 4 is 40.6 Å². The highest BCUT2D eigenvalue weighted by Gasteiger charge is 2.66. The average Bonchev–Trinajstić information content (AvgIpc) is 3.28. The number of halogens is 1. The lowest BCUT2D eigenvalue weighted by Crippen LogP contribution is -2.59. The molecule has 45 heavy (non-hydrogen) atoms. The van der Waals surface area contributed by atoms with Gasteiger partial charge in [-0.1, -0.05) is 90.0 Å². The molecule has 4 aliphatic rings. The SMILES string of the molecule is CC(C)(C)N1C(=O)C2CC=C3C(CC4C(=O)C(c5ccccc5)=CC(=O)C4(c4ccccc4)C3c3ccc(O)cc3Cl)C2C1=O.